The largest absolute Gasteiger partial charge is 0.458 e. The SMILES string of the molecule is C=C1C(=O)O[C@H]2[C@H]1CCC(CO)=C1CC[C@@](C)(O)[C@@H]12. The molecule has 4 nitrogen and oxygen atoms in total. The van der Waals surface area contributed by atoms with E-state index in [2.05, 4.69) is 6.58 Å². The van der Waals surface area contributed by atoms with Crippen LogP contribution in [0.15, 0.2) is 23.3 Å². The van der Waals surface area contributed by atoms with E-state index < -0.39 is 5.60 Å². The van der Waals surface area contributed by atoms with Gasteiger partial charge in [-0.15, -0.1) is 0 Å². The fraction of sp³-hybridized carbons (Fsp3) is 0.667. The first kappa shape index (κ1) is 12.9. The standard InChI is InChI=1S/C15H20O4/c1-8-10-4-3-9(7-16)11-5-6-15(2,18)12(11)13(10)19-14(8)17/h10,12-13,16,18H,1,3-7H2,2H3/t10-,12-,13-,15+/m0/s1. The van der Waals surface area contributed by atoms with Crippen LogP contribution in [0.4, 0.5) is 0 Å². The van der Waals surface area contributed by atoms with Crippen LogP contribution in [-0.4, -0.2) is 34.5 Å². The lowest BCUT2D eigenvalue weighted by Gasteiger charge is -2.32. The van der Waals surface area contributed by atoms with Crippen LogP contribution in [0.3, 0.4) is 0 Å². The lowest BCUT2D eigenvalue weighted by atomic mass is 9.79. The van der Waals surface area contributed by atoms with Gasteiger partial charge in [0.2, 0.25) is 0 Å². The third-order valence-electron chi connectivity index (χ3n) is 5.03. The minimum absolute atomic E-state index is 0.0267. The molecule has 3 rings (SSSR count). The molecule has 1 aliphatic heterocycles. The molecule has 0 aromatic carbocycles. The molecular weight excluding hydrogens is 244 g/mol. The fourth-order valence-corrected chi connectivity index (χ4v) is 3.96. The van der Waals surface area contributed by atoms with Gasteiger partial charge in [-0.1, -0.05) is 12.2 Å². The zero-order chi connectivity index (χ0) is 13.8. The van der Waals surface area contributed by atoms with Gasteiger partial charge in [0.05, 0.1) is 12.2 Å². The molecule has 2 N–H and O–H groups in total. The molecule has 4 heteroatoms. The van der Waals surface area contributed by atoms with E-state index in [0.717, 1.165) is 30.4 Å². The second kappa shape index (κ2) is 4.18. The van der Waals surface area contributed by atoms with Crippen molar-refractivity contribution in [3.63, 3.8) is 0 Å². The number of aliphatic hydroxyl groups is 2. The van der Waals surface area contributed by atoms with E-state index in [-0.39, 0.29) is 30.5 Å². The minimum atomic E-state index is -0.867. The Labute approximate surface area is 112 Å². The van der Waals surface area contributed by atoms with Gasteiger partial charge in [0.1, 0.15) is 6.10 Å². The molecule has 0 unspecified atom stereocenters. The van der Waals surface area contributed by atoms with E-state index in [1.165, 1.54) is 0 Å². The molecule has 0 aromatic rings. The maximum atomic E-state index is 11.7. The van der Waals surface area contributed by atoms with Crippen molar-refractivity contribution in [1.29, 1.82) is 0 Å². The average molecular weight is 264 g/mol. The van der Waals surface area contributed by atoms with E-state index in [0.29, 0.717) is 12.0 Å². The molecular formula is C15H20O4. The number of aliphatic hydroxyl groups excluding tert-OH is 1. The number of hydrogen-bond donors (Lipinski definition) is 2. The summed E-state index contributed by atoms with van der Waals surface area (Å²) in [6.45, 7) is 5.67. The van der Waals surface area contributed by atoms with Gasteiger partial charge in [0.15, 0.2) is 0 Å². The summed E-state index contributed by atoms with van der Waals surface area (Å²) < 4.78 is 5.49. The first-order valence-electron chi connectivity index (χ1n) is 6.89. The monoisotopic (exact) mass is 264 g/mol. The molecule has 3 aliphatic rings. The van der Waals surface area contributed by atoms with Crippen LogP contribution < -0.4 is 0 Å². The Morgan fingerprint density at radius 2 is 2.21 bits per heavy atom. The first-order chi connectivity index (χ1) is 8.95. The highest BCUT2D eigenvalue weighted by molar-refractivity contribution is 5.91. The lowest BCUT2D eigenvalue weighted by molar-refractivity contribution is -0.144. The van der Waals surface area contributed by atoms with Crippen LogP contribution in [0.5, 0.6) is 0 Å². The zero-order valence-corrected chi connectivity index (χ0v) is 11.2. The Morgan fingerprint density at radius 1 is 1.47 bits per heavy atom. The van der Waals surface area contributed by atoms with Crippen molar-refractivity contribution in [2.24, 2.45) is 11.8 Å². The van der Waals surface area contributed by atoms with Gasteiger partial charge in [-0.2, -0.15) is 0 Å². The second-order valence-electron chi connectivity index (χ2n) is 6.16. The molecule has 2 fully saturated rings. The predicted molar refractivity (Wildman–Crippen MR) is 69.2 cm³/mol. The second-order valence-corrected chi connectivity index (χ2v) is 6.16. The van der Waals surface area contributed by atoms with E-state index in [1.807, 2.05) is 0 Å². The molecule has 1 saturated carbocycles. The summed E-state index contributed by atoms with van der Waals surface area (Å²) in [5.74, 6) is -0.545. The summed E-state index contributed by atoms with van der Waals surface area (Å²) in [6.07, 6.45) is 2.65. The average Bonchev–Trinajstić information content (AvgIpc) is 2.74. The highest BCUT2D eigenvalue weighted by atomic mass is 16.6. The number of rotatable bonds is 1. The Morgan fingerprint density at radius 3 is 2.89 bits per heavy atom. The number of carbonyl (C=O) groups is 1. The van der Waals surface area contributed by atoms with Crippen LogP contribution in [-0.2, 0) is 9.53 Å². The first-order valence-corrected chi connectivity index (χ1v) is 6.89. The van der Waals surface area contributed by atoms with Crippen molar-refractivity contribution in [2.75, 3.05) is 6.61 Å². The zero-order valence-electron chi connectivity index (χ0n) is 11.2. The third kappa shape index (κ3) is 1.77. The van der Waals surface area contributed by atoms with Gasteiger partial charge >= 0.3 is 5.97 Å². The normalized spacial score (nSPS) is 41.9. The summed E-state index contributed by atoms with van der Waals surface area (Å²) in [6, 6.07) is 0. The molecule has 0 amide bonds. The molecule has 104 valence electrons. The molecule has 4 atom stereocenters. The maximum absolute atomic E-state index is 11.7. The summed E-state index contributed by atoms with van der Waals surface area (Å²) in [5.41, 5.74) is 1.77. The quantitative estimate of drug-likeness (QED) is 0.426. The van der Waals surface area contributed by atoms with Gasteiger partial charge in [-0.25, -0.2) is 4.79 Å². The van der Waals surface area contributed by atoms with Crippen molar-refractivity contribution in [3.05, 3.63) is 23.3 Å². The molecule has 1 saturated heterocycles. The summed E-state index contributed by atoms with van der Waals surface area (Å²) >= 11 is 0. The summed E-state index contributed by atoms with van der Waals surface area (Å²) in [7, 11) is 0. The van der Waals surface area contributed by atoms with Gasteiger partial charge in [-0.05, 0) is 38.2 Å². The molecule has 19 heavy (non-hydrogen) atoms. The van der Waals surface area contributed by atoms with Gasteiger partial charge in [0, 0.05) is 17.4 Å². The van der Waals surface area contributed by atoms with Crippen molar-refractivity contribution < 1.29 is 19.7 Å². The minimum Gasteiger partial charge on any atom is -0.458 e. The van der Waals surface area contributed by atoms with Crippen molar-refractivity contribution >= 4 is 5.97 Å². The number of fused-ring (bicyclic) bond motifs is 3. The molecule has 0 spiro atoms. The van der Waals surface area contributed by atoms with E-state index in [1.54, 1.807) is 6.92 Å². The predicted octanol–water partition coefficient (Wildman–Crippen LogP) is 1.33. The van der Waals surface area contributed by atoms with Crippen LogP contribution in [0.1, 0.15) is 32.6 Å². The van der Waals surface area contributed by atoms with Crippen LogP contribution in [0.25, 0.3) is 0 Å². The number of hydrogen-bond acceptors (Lipinski definition) is 4. The van der Waals surface area contributed by atoms with Gasteiger partial charge in [-0.3, -0.25) is 0 Å². The Bertz CT molecular complexity index is 475. The van der Waals surface area contributed by atoms with Crippen LogP contribution in [0, 0.1) is 11.8 Å². The molecule has 0 radical (unpaired) electrons. The highest BCUT2D eigenvalue weighted by Gasteiger charge is 2.54. The van der Waals surface area contributed by atoms with Crippen molar-refractivity contribution in [3.8, 4) is 0 Å². The van der Waals surface area contributed by atoms with E-state index in [9.17, 15) is 15.0 Å². The van der Waals surface area contributed by atoms with Crippen LogP contribution >= 0.6 is 0 Å². The van der Waals surface area contributed by atoms with Gasteiger partial charge in [0.25, 0.3) is 0 Å². The van der Waals surface area contributed by atoms with Crippen molar-refractivity contribution in [1.82, 2.24) is 0 Å². The molecule has 1 heterocycles. The smallest absolute Gasteiger partial charge is 0.334 e. The topological polar surface area (TPSA) is 66.8 Å². The third-order valence-corrected chi connectivity index (χ3v) is 5.03. The van der Waals surface area contributed by atoms with E-state index >= 15 is 0 Å². The number of esters is 1. The van der Waals surface area contributed by atoms with Crippen molar-refractivity contribution in [2.45, 2.75) is 44.3 Å². The molecule has 0 bridgehead atoms. The highest BCUT2D eigenvalue weighted by Crippen LogP contribution is 2.52. The Balaban J connectivity index is 2.06. The van der Waals surface area contributed by atoms with Crippen LogP contribution in [0.2, 0.25) is 0 Å². The van der Waals surface area contributed by atoms with Gasteiger partial charge < -0.3 is 14.9 Å². The molecule has 0 aromatic heterocycles. The summed E-state index contributed by atoms with van der Waals surface area (Å²) in [5, 5.41) is 20.2. The number of carbonyl (C=O) groups excluding carboxylic acids is 1. The summed E-state index contributed by atoms with van der Waals surface area (Å²) in [4.78, 5) is 11.7. The molecule has 2 aliphatic carbocycles. The van der Waals surface area contributed by atoms with E-state index in [4.69, 9.17) is 4.74 Å². The Kier molecular flexibility index (Phi) is 2.84. The maximum Gasteiger partial charge on any atom is 0.334 e. The number of ether oxygens (including phenoxy) is 1. The Hall–Kier alpha value is -1.13. The fourth-order valence-electron chi connectivity index (χ4n) is 3.96. The lowest BCUT2D eigenvalue weighted by Crippen LogP contribution is -2.40.